The maximum Gasteiger partial charge on any atom is 0.266 e. The minimum Gasteiger partial charge on any atom is -0.353 e. The molecular weight excluding hydrogens is 418 g/mol. The standard InChI is InChI=1S/C20H19BrF2N2O2/c1-18(2)19(3,4)27-20(18)13-8-11(21)9-24-16(13)25(17(20)26)10-12-14(22)6-5-7-15(12)23/h5-9H,10H2,1-4H3. The third-order valence-corrected chi connectivity index (χ3v) is 6.62. The van der Waals surface area contributed by atoms with Gasteiger partial charge in [-0.25, -0.2) is 13.8 Å². The zero-order chi connectivity index (χ0) is 19.8. The molecular formula is C20H19BrF2N2O2. The van der Waals surface area contributed by atoms with E-state index in [1.54, 1.807) is 12.3 Å². The molecule has 1 saturated heterocycles. The molecule has 4 nitrogen and oxygen atoms in total. The van der Waals surface area contributed by atoms with Crippen LogP contribution in [0.4, 0.5) is 14.6 Å². The van der Waals surface area contributed by atoms with Crippen molar-refractivity contribution in [1.82, 2.24) is 4.98 Å². The molecule has 0 radical (unpaired) electrons. The van der Waals surface area contributed by atoms with Crippen molar-refractivity contribution >= 4 is 27.7 Å². The van der Waals surface area contributed by atoms with Crippen LogP contribution >= 0.6 is 15.9 Å². The molecule has 2 aromatic rings. The Labute approximate surface area is 164 Å². The first-order chi connectivity index (χ1) is 12.5. The van der Waals surface area contributed by atoms with Gasteiger partial charge in [0.1, 0.15) is 17.5 Å². The molecule has 1 unspecified atom stereocenters. The smallest absolute Gasteiger partial charge is 0.266 e. The van der Waals surface area contributed by atoms with Crippen LogP contribution in [0.1, 0.15) is 38.8 Å². The second-order valence-electron chi connectivity index (χ2n) is 8.03. The quantitative estimate of drug-likeness (QED) is 0.684. The van der Waals surface area contributed by atoms with Crippen molar-refractivity contribution in [2.45, 2.75) is 45.4 Å². The number of rotatable bonds is 2. The van der Waals surface area contributed by atoms with Crippen LogP contribution in [0.2, 0.25) is 0 Å². The fraction of sp³-hybridized carbons (Fsp3) is 0.400. The van der Waals surface area contributed by atoms with E-state index in [9.17, 15) is 13.6 Å². The Morgan fingerprint density at radius 2 is 1.81 bits per heavy atom. The number of aromatic nitrogens is 1. The number of carbonyl (C=O) groups excluding carboxylic acids is 1. The summed E-state index contributed by atoms with van der Waals surface area (Å²) in [6.07, 6.45) is 1.56. The summed E-state index contributed by atoms with van der Waals surface area (Å²) in [6.45, 7) is 7.53. The molecule has 0 N–H and O–H groups in total. The number of ether oxygens (including phenoxy) is 1. The molecule has 1 spiro atoms. The van der Waals surface area contributed by atoms with E-state index in [1.165, 1.54) is 23.1 Å². The molecule has 1 fully saturated rings. The van der Waals surface area contributed by atoms with E-state index < -0.39 is 28.3 Å². The molecule has 2 aliphatic heterocycles. The van der Waals surface area contributed by atoms with Gasteiger partial charge in [0.2, 0.25) is 0 Å². The van der Waals surface area contributed by atoms with Crippen LogP contribution in [0.3, 0.4) is 0 Å². The van der Waals surface area contributed by atoms with Crippen molar-refractivity contribution in [3.05, 3.63) is 57.7 Å². The van der Waals surface area contributed by atoms with Gasteiger partial charge in [-0.05, 0) is 48.0 Å². The molecule has 1 aromatic carbocycles. The van der Waals surface area contributed by atoms with Crippen molar-refractivity contribution in [2.24, 2.45) is 5.41 Å². The van der Waals surface area contributed by atoms with Crippen LogP contribution in [-0.4, -0.2) is 16.5 Å². The molecule has 4 rings (SSSR count). The number of hydrogen-bond acceptors (Lipinski definition) is 3. The van der Waals surface area contributed by atoms with Gasteiger partial charge in [-0.2, -0.15) is 0 Å². The molecule has 2 aliphatic rings. The average molecular weight is 437 g/mol. The normalized spacial score (nSPS) is 24.9. The number of benzene rings is 1. The highest BCUT2D eigenvalue weighted by atomic mass is 79.9. The van der Waals surface area contributed by atoms with Gasteiger partial charge in [0, 0.05) is 27.2 Å². The third-order valence-electron chi connectivity index (χ3n) is 6.19. The summed E-state index contributed by atoms with van der Waals surface area (Å²) in [4.78, 5) is 19.2. The molecule has 1 aromatic heterocycles. The maximum atomic E-state index is 14.2. The Balaban J connectivity index is 1.86. The number of halogens is 3. The van der Waals surface area contributed by atoms with Crippen LogP contribution in [-0.2, 0) is 21.7 Å². The number of fused-ring (bicyclic) bond motifs is 2. The van der Waals surface area contributed by atoms with E-state index in [0.29, 0.717) is 15.9 Å². The molecule has 0 aliphatic carbocycles. The van der Waals surface area contributed by atoms with E-state index >= 15 is 0 Å². The van der Waals surface area contributed by atoms with Crippen molar-refractivity contribution < 1.29 is 18.3 Å². The zero-order valence-electron chi connectivity index (χ0n) is 15.4. The maximum absolute atomic E-state index is 14.2. The van der Waals surface area contributed by atoms with Crippen molar-refractivity contribution in [2.75, 3.05) is 4.90 Å². The number of hydrogen-bond donors (Lipinski definition) is 0. The molecule has 3 heterocycles. The van der Waals surface area contributed by atoms with Crippen molar-refractivity contribution in [3.63, 3.8) is 0 Å². The van der Waals surface area contributed by atoms with Crippen LogP contribution in [0.5, 0.6) is 0 Å². The molecule has 1 amide bonds. The average Bonchev–Trinajstić information content (AvgIpc) is 2.81. The summed E-state index contributed by atoms with van der Waals surface area (Å²) in [5, 5.41) is 0. The molecule has 1 atom stereocenters. The van der Waals surface area contributed by atoms with Gasteiger partial charge in [-0.1, -0.05) is 19.9 Å². The highest BCUT2D eigenvalue weighted by Crippen LogP contribution is 2.66. The van der Waals surface area contributed by atoms with Crippen LogP contribution in [0, 0.1) is 17.0 Å². The number of amides is 1. The summed E-state index contributed by atoms with van der Waals surface area (Å²) >= 11 is 3.40. The highest BCUT2D eigenvalue weighted by Gasteiger charge is 2.75. The van der Waals surface area contributed by atoms with Crippen molar-refractivity contribution in [3.8, 4) is 0 Å². The lowest BCUT2D eigenvalue weighted by Gasteiger charge is -2.63. The lowest BCUT2D eigenvalue weighted by Crippen LogP contribution is -2.72. The third kappa shape index (κ3) is 2.21. The topological polar surface area (TPSA) is 42.4 Å². The van der Waals surface area contributed by atoms with Gasteiger partial charge in [0.25, 0.3) is 5.91 Å². The van der Waals surface area contributed by atoms with E-state index in [1.807, 2.05) is 27.7 Å². The minimum atomic E-state index is -1.23. The summed E-state index contributed by atoms with van der Waals surface area (Å²) in [7, 11) is 0. The molecule has 27 heavy (non-hydrogen) atoms. The first kappa shape index (κ1) is 18.5. The Hall–Kier alpha value is -1.86. The molecule has 142 valence electrons. The van der Waals surface area contributed by atoms with Crippen LogP contribution < -0.4 is 4.90 Å². The van der Waals surface area contributed by atoms with Gasteiger partial charge >= 0.3 is 0 Å². The van der Waals surface area contributed by atoms with E-state index in [-0.39, 0.29) is 18.0 Å². The SMILES string of the molecule is CC1(C)OC2(C(=O)N(Cc3c(F)cccc3F)c3ncc(Br)cc32)C1(C)C. The van der Waals surface area contributed by atoms with Gasteiger partial charge in [0.05, 0.1) is 12.1 Å². The highest BCUT2D eigenvalue weighted by molar-refractivity contribution is 9.10. The fourth-order valence-electron chi connectivity index (χ4n) is 4.01. The summed E-state index contributed by atoms with van der Waals surface area (Å²) in [5.41, 5.74) is -1.87. The van der Waals surface area contributed by atoms with E-state index in [4.69, 9.17) is 4.74 Å². The Bertz CT molecular complexity index is 956. The van der Waals surface area contributed by atoms with E-state index in [0.717, 1.165) is 0 Å². The van der Waals surface area contributed by atoms with Crippen molar-refractivity contribution in [1.29, 1.82) is 0 Å². The molecule has 0 bridgehead atoms. The first-order valence-corrected chi connectivity index (χ1v) is 9.43. The summed E-state index contributed by atoms with van der Waals surface area (Å²) < 4.78 is 35.3. The predicted molar refractivity (Wildman–Crippen MR) is 100 cm³/mol. The lowest BCUT2D eigenvalue weighted by molar-refractivity contribution is -0.342. The van der Waals surface area contributed by atoms with Crippen LogP contribution in [0.15, 0.2) is 34.9 Å². The second kappa shape index (κ2) is 5.58. The molecule has 0 saturated carbocycles. The zero-order valence-corrected chi connectivity index (χ0v) is 17.0. The lowest BCUT2D eigenvalue weighted by atomic mass is 9.57. The molecule has 7 heteroatoms. The van der Waals surface area contributed by atoms with Gasteiger partial charge in [0.15, 0.2) is 5.60 Å². The van der Waals surface area contributed by atoms with Gasteiger partial charge in [-0.3, -0.25) is 9.69 Å². The van der Waals surface area contributed by atoms with Gasteiger partial charge in [-0.15, -0.1) is 0 Å². The summed E-state index contributed by atoms with van der Waals surface area (Å²) in [5.74, 6) is -1.38. The monoisotopic (exact) mass is 436 g/mol. The number of carbonyl (C=O) groups is 1. The minimum absolute atomic E-state index is 0.171. The first-order valence-electron chi connectivity index (χ1n) is 8.64. The second-order valence-corrected chi connectivity index (χ2v) is 8.95. The largest absolute Gasteiger partial charge is 0.353 e. The Kier molecular flexibility index (Phi) is 3.82. The number of nitrogens with zero attached hydrogens (tertiary/aromatic N) is 2. The predicted octanol–water partition coefficient (Wildman–Crippen LogP) is 4.70. The van der Waals surface area contributed by atoms with Crippen LogP contribution in [0.25, 0.3) is 0 Å². The van der Waals surface area contributed by atoms with Gasteiger partial charge < -0.3 is 4.74 Å². The Morgan fingerprint density at radius 3 is 2.37 bits per heavy atom. The fourth-order valence-corrected chi connectivity index (χ4v) is 4.35. The van der Waals surface area contributed by atoms with E-state index in [2.05, 4.69) is 20.9 Å². The number of anilines is 1. The Morgan fingerprint density at radius 1 is 1.19 bits per heavy atom. The number of pyridine rings is 1. The summed E-state index contributed by atoms with van der Waals surface area (Å²) in [6, 6.07) is 5.45.